The Hall–Kier alpha value is -3.35. The number of amides is 2. The summed E-state index contributed by atoms with van der Waals surface area (Å²) in [5.74, 6) is -1.62. The molecule has 34 heavy (non-hydrogen) atoms. The van der Waals surface area contributed by atoms with E-state index in [1.807, 2.05) is 45.0 Å². The topological polar surface area (TPSA) is 105 Å². The molecule has 180 valence electrons. The zero-order chi connectivity index (χ0) is 24.5. The first kappa shape index (κ1) is 23.8. The highest BCUT2D eigenvalue weighted by atomic mass is 16.5. The van der Waals surface area contributed by atoms with Crippen LogP contribution in [0.2, 0.25) is 0 Å². The number of ether oxygens (including phenoxy) is 1. The normalized spacial score (nSPS) is 19.9. The highest BCUT2D eigenvalue weighted by Crippen LogP contribution is 2.44. The number of carbonyl (C=O) groups is 3. The lowest BCUT2D eigenvalue weighted by molar-refractivity contribution is -0.146. The van der Waals surface area contributed by atoms with E-state index in [9.17, 15) is 14.4 Å². The standard InChI is InChI=1S/C27H32N2O5/c1-27(2,3)14-23(24(30)28-17-12-16(13-17)25(31)32)29-26(33)34-15-22-20-10-6-4-8-18(20)19-9-5-7-11-21(19)22/h4-11,16-17,22-23H,12-15H2,1-3H3,(H,28,30)(H,29,33)(H,31,32). The fraction of sp³-hybridized carbons (Fsp3) is 0.444. The van der Waals surface area contributed by atoms with Crippen LogP contribution < -0.4 is 10.6 Å². The van der Waals surface area contributed by atoms with Crippen molar-refractivity contribution in [3.63, 3.8) is 0 Å². The zero-order valence-corrected chi connectivity index (χ0v) is 19.8. The lowest BCUT2D eigenvalue weighted by Gasteiger charge is -2.35. The van der Waals surface area contributed by atoms with Crippen molar-refractivity contribution in [3.05, 3.63) is 59.7 Å². The van der Waals surface area contributed by atoms with Gasteiger partial charge in [-0.1, -0.05) is 69.3 Å². The van der Waals surface area contributed by atoms with E-state index in [1.54, 1.807) is 0 Å². The van der Waals surface area contributed by atoms with Crippen molar-refractivity contribution in [2.24, 2.45) is 11.3 Å². The third kappa shape index (κ3) is 5.24. The highest BCUT2D eigenvalue weighted by molar-refractivity contribution is 5.86. The number of aliphatic carboxylic acids is 1. The van der Waals surface area contributed by atoms with Crippen LogP contribution in [0.3, 0.4) is 0 Å². The molecule has 2 aromatic carbocycles. The molecule has 3 N–H and O–H groups in total. The van der Waals surface area contributed by atoms with Crippen LogP contribution >= 0.6 is 0 Å². The minimum Gasteiger partial charge on any atom is -0.481 e. The second kappa shape index (κ2) is 9.49. The summed E-state index contributed by atoms with van der Waals surface area (Å²) in [4.78, 5) is 36.7. The van der Waals surface area contributed by atoms with Crippen molar-refractivity contribution in [1.82, 2.24) is 10.6 Å². The van der Waals surface area contributed by atoms with Crippen molar-refractivity contribution in [3.8, 4) is 11.1 Å². The number of carboxylic acids is 1. The first-order valence-corrected chi connectivity index (χ1v) is 11.8. The average Bonchev–Trinajstić information content (AvgIpc) is 3.06. The van der Waals surface area contributed by atoms with Gasteiger partial charge in [0.2, 0.25) is 5.91 Å². The number of rotatable bonds is 7. The predicted molar refractivity (Wildman–Crippen MR) is 128 cm³/mol. The smallest absolute Gasteiger partial charge is 0.407 e. The second-order valence-corrected chi connectivity index (χ2v) is 10.5. The van der Waals surface area contributed by atoms with Crippen molar-refractivity contribution in [2.45, 2.75) is 58.0 Å². The Morgan fingerprint density at radius 1 is 1.00 bits per heavy atom. The van der Waals surface area contributed by atoms with Crippen LogP contribution in [0.4, 0.5) is 4.79 Å². The van der Waals surface area contributed by atoms with Crippen LogP contribution in [0.1, 0.15) is 57.1 Å². The third-order valence-corrected chi connectivity index (χ3v) is 6.60. The molecular formula is C27H32N2O5. The molecule has 2 aliphatic carbocycles. The molecule has 0 spiro atoms. The molecule has 0 aliphatic heterocycles. The average molecular weight is 465 g/mol. The Balaban J connectivity index is 1.38. The number of carboxylic acid groups (broad SMARTS) is 1. The van der Waals surface area contributed by atoms with E-state index in [-0.39, 0.29) is 29.9 Å². The number of alkyl carbamates (subject to hydrolysis) is 1. The minimum atomic E-state index is -0.839. The number of hydrogen-bond acceptors (Lipinski definition) is 4. The molecule has 7 heteroatoms. The molecule has 0 heterocycles. The SMILES string of the molecule is CC(C)(C)CC(NC(=O)OCC1c2ccccc2-c2ccccc21)C(=O)NC1CC(C(=O)O)C1. The molecule has 7 nitrogen and oxygen atoms in total. The molecule has 1 saturated carbocycles. The molecule has 2 aliphatic rings. The summed E-state index contributed by atoms with van der Waals surface area (Å²) in [5, 5.41) is 14.7. The number of nitrogens with one attached hydrogen (secondary N) is 2. The van der Waals surface area contributed by atoms with Crippen molar-refractivity contribution >= 4 is 18.0 Å². The van der Waals surface area contributed by atoms with Crippen molar-refractivity contribution in [2.75, 3.05) is 6.61 Å². The molecule has 0 saturated heterocycles. The maximum Gasteiger partial charge on any atom is 0.407 e. The summed E-state index contributed by atoms with van der Waals surface area (Å²) < 4.78 is 5.62. The van der Waals surface area contributed by atoms with Crippen LogP contribution in [0, 0.1) is 11.3 Å². The van der Waals surface area contributed by atoms with E-state index < -0.39 is 24.0 Å². The van der Waals surface area contributed by atoms with Crippen LogP contribution in [-0.4, -0.2) is 41.8 Å². The van der Waals surface area contributed by atoms with Gasteiger partial charge in [-0.2, -0.15) is 0 Å². The minimum absolute atomic E-state index is 0.0593. The molecule has 0 aromatic heterocycles. The molecule has 2 aromatic rings. The van der Waals surface area contributed by atoms with Gasteiger partial charge in [0.05, 0.1) is 5.92 Å². The number of fused-ring (bicyclic) bond motifs is 3. The molecule has 0 bridgehead atoms. The quantitative estimate of drug-likeness (QED) is 0.566. The van der Waals surface area contributed by atoms with Crippen molar-refractivity contribution < 1.29 is 24.2 Å². The molecule has 0 radical (unpaired) electrons. The zero-order valence-electron chi connectivity index (χ0n) is 19.8. The molecule has 4 rings (SSSR count). The van der Waals surface area contributed by atoms with Gasteiger partial charge < -0.3 is 20.5 Å². The van der Waals surface area contributed by atoms with Gasteiger partial charge in [0.25, 0.3) is 0 Å². The van der Waals surface area contributed by atoms with Gasteiger partial charge in [0, 0.05) is 12.0 Å². The van der Waals surface area contributed by atoms with Gasteiger partial charge in [-0.25, -0.2) is 4.79 Å². The van der Waals surface area contributed by atoms with Gasteiger partial charge in [0.1, 0.15) is 12.6 Å². The summed E-state index contributed by atoms with van der Waals surface area (Å²) in [5.41, 5.74) is 4.34. The van der Waals surface area contributed by atoms with Crippen LogP contribution in [0.5, 0.6) is 0 Å². The number of carbonyl (C=O) groups excluding carboxylic acids is 2. The Labute approximate surface area is 199 Å². The molecule has 2 amide bonds. The van der Waals surface area contributed by atoms with Crippen LogP contribution in [0.15, 0.2) is 48.5 Å². The van der Waals surface area contributed by atoms with Gasteiger partial charge in [-0.05, 0) is 46.9 Å². The maximum atomic E-state index is 12.9. The fourth-order valence-electron chi connectivity index (χ4n) is 4.84. The van der Waals surface area contributed by atoms with E-state index in [2.05, 4.69) is 34.9 Å². The Morgan fingerprint density at radius 2 is 1.56 bits per heavy atom. The van der Waals surface area contributed by atoms with E-state index in [1.165, 1.54) is 0 Å². The fourth-order valence-corrected chi connectivity index (χ4v) is 4.84. The van der Waals surface area contributed by atoms with E-state index >= 15 is 0 Å². The summed E-state index contributed by atoms with van der Waals surface area (Å²) >= 11 is 0. The summed E-state index contributed by atoms with van der Waals surface area (Å²) in [6.45, 7) is 6.16. The molecular weight excluding hydrogens is 432 g/mol. The highest BCUT2D eigenvalue weighted by Gasteiger charge is 2.37. The van der Waals surface area contributed by atoms with Crippen molar-refractivity contribution in [1.29, 1.82) is 0 Å². The van der Waals surface area contributed by atoms with Gasteiger partial charge >= 0.3 is 12.1 Å². The van der Waals surface area contributed by atoms with Gasteiger partial charge in [-0.3, -0.25) is 9.59 Å². The summed E-state index contributed by atoms with van der Waals surface area (Å²) in [7, 11) is 0. The van der Waals surface area contributed by atoms with E-state index in [4.69, 9.17) is 9.84 Å². The summed E-state index contributed by atoms with van der Waals surface area (Å²) in [6.07, 6.45) is 0.615. The van der Waals surface area contributed by atoms with Crippen LogP contribution in [-0.2, 0) is 14.3 Å². The Bertz CT molecular complexity index is 1040. The largest absolute Gasteiger partial charge is 0.481 e. The first-order chi connectivity index (χ1) is 16.1. The Morgan fingerprint density at radius 3 is 2.09 bits per heavy atom. The Kier molecular flexibility index (Phi) is 6.64. The van der Waals surface area contributed by atoms with Gasteiger partial charge in [0.15, 0.2) is 0 Å². The monoisotopic (exact) mass is 464 g/mol. The van der Waals surface area contributed by atoms with Crippen LogP contribution in [0.25, 0.3) is 11.1 Å². The predicted octanol–water partition coefficient (Wildman–Crippen LogP) is 4.31. The van der Waals surface area contributed by atoms with Gasteiger partial charge in [-0.15, -0.1) is 0 Å². The number of hydrogen-bond donors (Lipinski definition) is 3. The first-order valence-electron chi connectivity index (χ1n) is 11.8. The van der Waals surface area contributed by atoms with E-state index in [0.717, 1.165) is 22.3 Å². The summed E-state index contributed by atoms with van der Waals surface area (Å²) in [6, 6.07) is 15.3. The maximum absolute atomic E-state index is 12.9. The molecule has 1 unspecified atom stereocenters. The van der Waals surface area contributed by atoms with E-state index in [0.29, 0.717) is 19.3 Å². The second-order valence-electron chi connectivity index (χ2n) is 10.5. The molecule has 1 atom stereocenters. The molecule has 1 fully saturated rings. The lowest BCUT2D eigenvalue weighted by atomic mass is 9.80. The number of benzene rings is 2. The third-order valence-electron chi connectivity index (χ3n) is 6.60. The lowest BCUT2D eigenvalue weighted by Crippen LogP contribution is -2.54.